The Labute approximate surface area is 177 Å². The SMILES string of the molecule is COc1ccc(C=C2SC(=S)N(N=Cc3c(O)ccc4ccccc34)C2=O)cc1. The van der Waals surface area contributed by atoms with Crippen molar-refractivity contribution >= 4 is 57.3 Å². The molecule has 4 rings (SSSR count). The van der Waals surface area contributed by atoms with Crippen LogP contribution in [0.5, 0.6) is 11.5 Å². The molecule has 144 valence electrons. The number of benzene rings is 3. The molecule has 1 heterocycles. The van der Waals surface area contributed by atoms with Crippen molar-refractivity contribution in [3.8, 4) is 11.5 Å². The zero-order valence-electron chi connectivity index (χ0n) is 15.4. The molecule has 1 saturated heterocycles. The predicted octanol–water partition coefficient (Wildman–Crippen LogP) is 4.79. The Balaban J connectivity index is 1.62. The summed E-state index contributed by atoms with van der Waals surface area (Å²) >= 11 is 6.52. The summed E-state index contributed by atoms with van der Waals surface area (Å²) in [6, 6.07) is 18.5. The molecule has 0 saturated carbocycles. The van der Waals surface area contributed by atoms with E-state index in [4.69, 9.17) is 17.0 Å². The number of ether oxygens (including phenoxy) is 1. The molecule has 0 aromatic heterocycles. The van der Waals surface area contributed by atoms with Crippen molar-refractivity contribution in [2.75, 3.05) is 7.11 Å². The average molecular weight is 421 g/mol. The first kappa shape index (κ1) is 19.2. The highest BCUT2D eigenvalue weighted by molar-refractivity contribution is 8.26. The summed E-state index contributed by atoms with van der Waals surface area (Å²) in [5, 5.41) is 17.5. The summed E-state index contributed by atoms with van der Waals surface area (Å²) in [6.45, 7) is 0. The molecule has 0 unspecified atom stereocenters. The minimum Gasteiger partial charge on any atom is -0.507 e. The van der Waals surface area contributed by atoms with Crippen LogP contribution in [0.25, 0.3) is 16.8 Å². The Morgan fingerprint density at radius 1 is 1.10 bits per heavy atom. The maximum Gasteiger partial charge on any atom is 0.286 e. The topological polar surface area (TPSA) is 62.1 Å². The summed E-state index contributed by atoms with van der Waals surface area (Å²) in [7, 11) is 1.60. The van der Waals surface area contributed by atoms with Crippen molar-refractivity contribution in [3.63, 3.8) is 0 Å². The molecule has 5 nitrogen and oxygen atoms in total. The average Bonchev–Trinajstić information content (AvgIpc) is 3.00. The lowest BCUT2D eigenvalue weighted by molar-refractivity contribution is -0.122. The highest BCUT2D eigenvalue weighted by Gasteiger charge is 2.32. The van der Waals surface area contributed by atoms with E-state index in [-0.39, 0.29) is 11.7 Å². The second-order valence-corrected chi connectivity index (χ2v) is 7.91. The van der Waals surface area contributed by atoms with Crippen LogP contribution in [0, 0.1) is 0 Å². The fourth-order valence-corrected chi connectivity index (χ4v) is 4.12. The molecule has 0 bridgehead atoms. The Kier molecular flexibility index (Phi) is 5.33. The van der Waals surface area contributed by atoms with E-state index in [9.17, 15) is 9.90 Å². The van der Waals surface area contributed by atoms with Gasteiger partial charge >= 0.3 is 0 Å². The number of amides is 1. The first-order chi connectivity index (χ1) is 14.1. The van der Waals surface area contributed by atoms with Gasteiger partial charge in [0.1, 0.15) is 11.5 Å². The number of nitrogens with zero attached hydrogens (tertiary/aromatic N) is 2. The van der Waals surface area contributed by atoms with E-state index in [1.165, 1.54) is 23.0 Å². The van der Waals surface area contributed by atoms with Crippen LogP contribution < -0.4 is 4.74 Å². The number of methoxy groups -OCH3 is 1. The van der Waals surface area contributed by atoms with Crippen LogP contribution in [0.3, 0.4) is 0 Å². The van der Waals surface area contributed by atoms with Gasteiger partial charge < -0.3 is 9.84 Å². The smallest absolute Gasteiger partial charge is 0.286 e. The Morgan fingerprint density at radius 2 is 1.86 bits per heavy atom. The molecular weight excluding hydrogens is 404 g/mol. The van der Waals surface area contributed by atoms with E-state index in [0.717, 1.165) is 22.1 Å². The summed E-state index contributed by atoms with van der Waals surface area (Å²) in [4.78, 5) is 13.2. The van der Waals surface area contributed by atoms with Gasteiger partial charge in [0, 0.05) is 5.56 Å². The van der Waals surface area contributed by atoms with Gasteiger partial charge in [-0.2, -0.15) is 10.1 Å². The highest BCUT2D eigenvalue weighted by Crippen LogP contribution is 2.33. The molecule has 3 aromatic rings. The lowest BCUT2D eigenvalue weighted by Gasteiger charge is -2.08. The number of hydrogen-bond donors (Lipinski definition) is 1. The number of hydrogen-bond acceptors (Lipinski definition) is 6. The van der Waals surface area contributed by atoms with Crippen molar-refractivity contribution < 1.29 is 14.6 Å². The van der Waals surface area contributed by atoms with E-state index in [1.807, 2.05) is 54.6 Å². The second-order valence-electron chi connectivity index (χ2n) is 6.23. The third-order valence-electron chi connectivity index (χ3n) is 4.44. The number of hydrazone groups is 1. The maximum atomic E-state index is 12.8. The van der Waals surface area contributed by atoms with E-state index >= 15 is 0 Å². The van der Waals surface area contributed by atoms with Crippen LogP contribution in [0.2, 0.25) is 0 Å². The fourth-order valence-electron chi connectivity index (χ4n) is 2.95. The zero-order chi connectivity index (χ0) is 20.4. The van der Waals surface area contributed by atoms with Gasteiger partial charge in [0.2, 0.25) is 0 Å². The molecule has 1 N–H and O–H groups in total. The molecule has 1 amide bonds. The molecule has 7 heteroatoms. The Morgan fingerprint density at radius 3 is 2.62 bits per heavy atom. The first-order valence-corrected chi connectivity index (χ1v) is 9.96. The number of thioether (sulfide) groups is 1. The maximum absolute atomic E-state index is 12.8. The number of aromatic hydroxyl groups is 1. The molecular formula is C22H16N2O3S2. The van der Waals surface area contributed by atoms with Crippen LogP contribution in [0.1, 0.15) is 11.1 Å². The van der Waals surface area contributed by atoms with E-state index in [0.29, 0.717) is 14.8 Å². The zero-order valence-corrected chi connectivity index (χ0v) is 17.0. The van der Waals surface area contributed by atoms with Crippen LogP contribution in [0.15, 0.2) is 70.7 Å². The second kappa shape index (κ2) is 8.06. The number of thiocarbonyl (C=S) groups is 1. The lowest BCUT2D eigenvalue weighted by atomic mass is 10.0. The minimum absolute atomic E-state index is 0.0895. The van der Waals surface area contributed by atoms with Gasteiger partial charge in [-0.15, -0.1) is 0 Å². The molecule has 1 aliphatic heterocycles. The monoisotopic (exact) mass is 420 g/mol. The van der Waals surface area contributed by atoms with E-state index in [2.05, 4.69) is 5.10 Å². The number of carbonyl (C=O) groups is 1. The van der Waals surface area contributed by atoms with Crippen molar-refractivity contribution in [2.45, 2.75) is 0 Å². The number of phenolic OH excluding ortho intramolecular Hbond substituents is 1. The van der Waals surface area contributed by atoms with E-state index < -0.39 is 0 Å². The van der Waals surface area contributed by atoms with Crippen LogP contribution in [-0.4, -0.2) is 33.7 Å². The van der Waals surface area contributed by atoms with Crippen LogP contribution in [-0.2, 0) is 4.79 Å². The largest absolute Gasteiger partial charge is 0.507 e. The standard InChI is InChI=1S/C22H16N2O3S2/c1-27-16-9-6-14(7-10-16)12-20-21(26)24(22(28)29-20)23-13-18-17-5-3-2-4-15(17)8-11-19(18)25/h2-13,25H,1H3. The summed E-state index contributed by atoms with van der Waals surface area (Å²) in [5.41, 5.74) is 1.40. The van der Waals surface area contributed by atoms with Crippen molar-refractivity contribution in [2.24, 2.45) is 5.10 Å². The van der Waals surface area contributed by atoms with E-state index in [1.54, 1.807) is 19.3 Å². The van der Waals surface area contributed by atoms with Gasteiger partial charge in [-0.25, -0.2) is 0 Å². The third-order valence-corrected chi connectivity index (χ3v) is 5.72. The molecule has 3 aromatic carbocycles. The molecule has 29 heavy (non-hydrogen) atoms. The Hall–Kier alpha value is -3.16. The quantitative estimate of drug-likeness (QED) is 0.374. The highest BCUT2D eigenvalue weighted by atomic mass is 32.2. The lowest BCUT2D eigenvalue weighted by Crippen LogP contribution is -2.22. The van der Waals surface area contributed by atoms with Gasteiger partial charge in [0.25, 0.3) is 5.91 Å². The van der Waals surface area contributed by atoms with Gasteiger partial charge in [0.15, 0.2) is 4.32 Å². The minimum atomic E-state index is -0.299. The van der Waals surface area contributed by atoms with Gasteiger partial charge in [-0.1, -0.05) is 54.2 Å². The van der Waals surface area contributed by atoms with Crippen molar-refractivity contribution in [1.29, 1.82) is 0 Å². The van der Waals surface area contributed by atoms with Crippen LogP contribution >= 0.6 is 24.0 Å². The molecule has 0 radical (unpaired) electrons. The van der Waals surface area contributed by atoms with Gasteiger partial charge in [0.05, 0.1) is 18.2 Å². The third kappa shape index (κ3) is 3.87. The summed E-state index contributed by atoms with van der Waals surface area (Å²) in [6.07, 6.45) is 3.24. The summed E-state index contributed by atoms with van der Waals surface area (Å²) in [5.74, 6) is 0.535. The predicted molar refractivity (Wildman–Crippen MR) is 121 cm³/mol. The molecule has 0 atom stereocenters. The fraction of sp³-hybridized carbons (Fsp3) is 0.0455. The molecule has 0 aliphatic carbocycles. The van der Waals surface area contributed by atoms with Gasteiger partial charge in [-0.05, 0) is 52.8 Å². The van der Waals surface area contributed by atoms with Crippen molar-refractivity contribution in [1.82, 2.24) is 5.01 Å². The number of carbonyl (C=O) groups excluding carboxylic acids is 1. The molecule has 1 aliphatic rings. The molecule has 0 spiro atoms. The van der Waals surface area contributed by atoms with Crippen LogP contribution in [0.4, 0.5) is 0 Å². The Bertz CT molecular complexity index is 1170. The number of phenols is 1. The van der Waals surface area contributed by atoms with Gasteiger partial charge in [-0.3, -0.25) is 4.79 Å². The first-order valence-electron chi connectivity index (χ1n) is 8.73. The normalized spacial score (nSPS) is 15.8. The summed E-state index contributed by atoms with van der Waals surface area (Å²) < 4.78 is 5.49. The molecule has 1 fully saturated rings. The number of fused-ring (bicyclic) bond motifs is 1. The van der Waals surface area contributed by atoms with Crippen molar-refractivity contribution in [3.05, 3.63) is 76.7 Å². The number of rotatable bonds is 4.